The molecule has 31 heavy (non-hydrogen) atoms. The maximum absolute atomic E-state index is 12.0. The lowest BCUT2D eigenvalue weighted by molar-refractivity contribution is -0.117. The molecule has 1 amide bonds. The van der Waals surface area contributed by atoms with Crippen molar-refractivity contribution in [2.75, 3.05) is 29.9 Å². The number of nitrogens with zero attached hydrogens (tertiary/aromatic N) is 6. The molecule has 2 aromatic carbocycles. The molecule has 1 fully saturated rings. The first-order chi connectivity index (χ1) is 15.2. The van der Waals surface area contributed by atoms with E-state index in [1.54, 1.807) is 17.3 Å². The maximum Gasteiger partial charge on any atom is 0.231 e. The zero-order valence-electron chi connectivity index (χ0n) is 17.1. The molecule has 2 aliphatic rings. The standard InChI is InChI=1S/C24H20N6O/c1-29-20-7-6-15(10-17(20)11-21(29)31)22-23(26-9-8-25-22)18-13-30(14-18)24-27-12-16-4-2-3-5-19(16)28-24/h2-10,12,18H,11,13-14H2,1H3. The van der Waals surface area contributed by atoms with Crippen LogP contribution in [-0.4, -0.2) is 46.0 Å². The van der Waals surface area contributed by atoms with E-state index in [2.05, 4.69) is 25.9 Å². The Kier molecular flexibility index (Phi) is 3.96. The van der Waals surface area contributed by atoms with Crippen LogP contribution in [0.5, 0.6) is 0 Å². The van der Waals surface area contributed by atoms with E-state index in [-0.39, 0.29) is 11.8 Å². The number of fused-ring (bicyclic) bond motifs is 2. The van der Waals surface area contributed by atoms with Gasteiger partial charge >= 0.3 is 0 Å². The minimum absolute atomic E-state index is 0.122. The fraction of sp³-hybridized carbons (Fsp3) is 0.208. The molecule has 2 aromatic heterocycles. The van der Waals surface area contributed by atoms with Gasteiger partial charge in [0, 0.05) is 61.3 Å². The molecule has 0 aliphatic carbocycles. The van der Waals surface area contributed by atoms with Gasteiger partial charge in [-0.3, -0.25) is 14.8 Å². The molecule has 0 spiro atoms. The molecule has 0 radical (unpaired) electrons. The highest BCUT2D eigenvalue weighted by Crippen LogP contribution is 2.36. The number of rotatable bonds is 3. The highest BCUT2D eigenvalue weighted by molar-refractivity contribution is 6.01. The van der Waals surface area contributed by atoms with Crippen LogP contribution in [0.1, 0.15) is 17.2 Å². The van der Waals surface area contributed by atoms with Crippen molar-refractivity contribution < 1.29 is 4.79 Å². The molecule has 6 rings (SSSR count). The normalized spacial score (nSPS) is 16.0. The van der Waals surface area contributed by atoms with Gasteiger partial charge in [0.1, 0.15) is 0 Å². The molecule has 0 unspecified atom stereocenters. The van der Waals surface area contributed by atoms with Crippen molar-refractivity contribution in [1.29, 1.82) is 0 Å². The number of anilines is 2. The number of benzene rings is 2. The molecule has 0 atom stereocenters. The molecule has 7 heteroatoms. The van der Waals surface area contributed by atoms with E-state index in [0.717, 1.165) is 58.1 Å². The van der Waals surface area contributed by atoms with Crippen LogP contribution >= 0.6 is 0 Å². The van der Waals surface area contributed by atoms with Crippen LogP contribution in [0.25, 0.3) is 22.2 Å². The van der Waals surface area contributed by atoms with Gasteiger partial charge in [0.25, 0.3) is 0 Å². The third-order valence-electron chi connectivity index (χ3n) is 6.18. The van der Waals surface area contributed by atoms with Crippen LogP contribution in [0.3, 0.4) is 0 Å². The van der Waals surface area contributed by atoms with Gasteiger partial charge in [-0.25, -0.2) is 9.97 Å². The predicted octanol–water partition coefficient (Wildman–Crippen LogP) is 3.21. The van der Waals surface area contributed by atoms with Crippen molar-refractivity contribution in [3.63, 3.8) is 0 Å². The first-order valence-electron chi connectivity index (χ1n) is 10.3. The SMILES string of the molecule is CN1C(=O)Cc2cc(-c3nccnc3C3CN(c4ncc5ccccc5n4)C3)ccc21. The number of para-hydroxylation sites is 1. The summed E-state index contributed by atoms with van der Waals surface area (Å²) in [5, 5.41) is 1.04. The van der Waals surface area contributed by atoms with Gasteiger partial charge in [-0.2, -0.15) is 0 Å². The summed E-state index contributed by atoms with van der Waals surface area (Å²) >= 11 is 0. The number of likely N-dealkylation sites (N-methyl/N-ethyl adjacent to an activating group) is 1. The fourth-order valence-electron chi connectivity index (χ4n) is 4.42. The number of carbonyl (C=O) groups excluding carboxylic acids is 1. The van der Waals surface area contributed by atoms with Gasteiger partial charge < -0.3 is 9.80 Å². The van der Waals surface area contributed by atoms with Gasteiger partial charge in [0.15, 0.2) is 0 Å². The Balaban J connectivity index is 1.27. The highest BCUT2D eigenvalue weighted by atomic mass is 16.2. The van der Waals surface area contributed by atoms with Crippen LogP contribution in [-0.2, 0) is 11.2 Å². The van der Waals surface area contributed by atoms with E-state index in [9.17, 15) is 4.79 Å². The first-order valence-corrected chi connectivity index (χ1v) is 10.3. The van der Waals surface area contributed by atoms with Crippen molar-refractivity contribution in [2.24, 2.45) is 0 Å². The number of amides is 1. The number of hydrogen-bond acceptors (Lipinski definition) is 6. The topological polar surface area (TPSA) is 75.1 Å². The Hall–Kier alpha value is -3.87. The average molecular weight is 408 g/mol. The van der Waals surface area contributed by atoms with E-state index >= 15 is 0 Å². The summed E-state index contributed by atoms with van der Waals surface area (Å²) in [4.78, 5) is 34.5. The Bertz CT molecular complexity index is 1330. The zero-order chi connectivity index (χ0) is 20.9. The molecule has 0 bridgehead atoms. The number of carbonyl (C=O) groups is 1. The Morgan fingerprint density at radius 1 is 1.00 bits per heavy atom. The second kappa shape index (κ2) is 6.84. The van der Waals surface area contributed by atoms with Crippen LogP contribution in [0, 0.1) is 0 Å². The zero-order valence-corrected chi connectivity index (χ0v) is 17.1. The van der Waals surface area contributed by atoms with Gasteiger partial charge in [-0.05, 0) is 23.8 Å². The Morgan fingerprint density at radius 2 is 1.84 bits per heavy atom. The number of aromatic nitrogens is 4. The van der Waals surface area contributed by atoms with Crippen LogP contribution in [0.2, 0.25) is 0 Å². The third kappa shape index (κ3) is 2.92. The van der Waals surface area contributed by atoms with E-state index in [1.165, 1.54) is 0 Å². The Morgan fingerprint density at radius 3 is 2.74 bits per heavy atom. The Labute approximate surface area is 179 Å². The van der Waals surface area contributed by atoms with Crippen molar-refractivity contribution in [3.05, 3.63) is 72.3 Å². The molecule has 0 saturated carbocycles. The lowest BCUT2D eigenvalue weighted by Crippen LogP contribution is -2.46. The monoisotopic (exact) mass is 408 g/mol. The summed E-state index contributed by atoms with van der Waals surface area (Å²) in [5.41, 5.74) is 5.84. The summed E-state index contributed by atoms with van der Waals surface area (Å²) in [6.07, 6.45) is 5.79. The molecule has 7 nitrogen and oxygen atoms in total. The van der Waals surface area contributed by atoms with Crippen molar-refractivity contribution in [3.8, 4) is 11.3 Å². The second-order valence-electron chi connectivity index (χ2n) is 8.09. The molecule has 4 heterocycles. The minimum Gasteiger partial charge on any atom is -0.339 e. The lowest BCUT2D eigenvalue weighted by atomic mass is 9.92. The second-order valence-corrected chi connectivity index (χ2v) is 8.09. The summed E-state index contributed by atoms with van der Waals surface area (Å²) in [7, 11) is 1.82. The molecule has 4 aromatic rings. The molecule has 152 valence electrons. The largest absolute Gasteiger partial charge is 0.339 e. The van der Waals surface area contributed by atoms with Crippen molar-refractivity contribution in [1.82, 2.24) is 19.9 Å². The summed E-state index contributed by atoms with van der Waals surface area (Å²) in [6.45, 7) is 1.60. The molecule has 2 aliphatic heterocycles. The summed E-state index contributed by atoms with van der Waals surface area (Å²) in [5.74, 6) is 1.13. The molecular weight excluding hydrogens is 388 g/mol. The van der Waals surface area contributed by atoms with E-state index in [1.807, 2.05) is 49.6 Å². The van der Waals surface area contributed by atoms with Gasteiger partial charge in [-0.1, -0.05) is 24.3 Å². The fourth-order valence-corrected chi connectivity index (χ4v) is 4.42. The third-order valence-corrected chi connectivity index (χ3v) is 6.18. The van der Waals surface area contributed by atoms with Gasteiger partial charge in [0.05, 0.1) is 23.3 Å². The lowest BCUT2D eigenvalue weighted by Gasteiger charge is -2.39. The van der Waals surface area contributed by atoms with E-state index in [4.69, 9.17) is 4.98 Å². The van der Waals surface area contributed by atoms with E-state index in [0.29, 0.717) is 6.42 Å². The van der Waals surface area contributed by atoms with Crippen LogP contribution in [0.15, 0.2) is 61.1 Å². The van der Waals surface area contributed by atoms with Crippen molar-refractivity contribution in [2.45, 2.75) is 12.3 Å². The van der Waals surface area contributed by atoms with Gasteiger partial charge in [-0.15, -0.1) is 0 Å². The van der Waals surface area contributed by atoms with E-state index < -0.39 is 0 Å². The quantitative estimate of drug-likeness (QED) is 0.518. The smallest absolute Gasteiger partial charge is 0.231 e. The first kappa shape index (κ1) is 17.9. The number of hydrogen-bond donors (Lipinski definition) is 0. The van der Waals surface area contributed by atoms with Crippen LogP contribution < -0.4 is 9.80 Å². The molecular formula is C24H20N6O. The van der Waals surface area contributed by atoms with Crippen molar-refractivity contribution >= 4 is 28.4 Å². The summed E-state index contributed by atoms with van der Waals surface area (Å²) in [6, 6.07) is 14.1. The maximum atomic E-state index is 12.0. The molecule has 1 saturated heterocycles. The summed E-state index contributed by atoms with van der Waals surface area (Å²) < 4.78 is 0. The predicted molar refractivity (Wildman–Crippen MR) is 119 cm³/mol. The highest BCUT2D eigenvalue weighted by Gasteiger charge is 2.33. The minimum atomic E-state index is 0.122. The average Bonchev–Trinajstić information content (AvgIpc) is 3.06. The van der Waals surface area contributed by atoms with Crippen LogP contribution in [0.4, 0.5) is 11.6 Å². The molecule has 0 N–H and O–H groups in total. The van der Waals surface area contributed by atoms with Gasteiger partial charge in [0.2, 0.25) is 11.9 Å².